The predicted molar refractivity (Wildman–Crippen MR) is 121 cm³/mol. The van der Waals surface area contributed by atoms with Crippen molar-refractivity contribution in [2.24, 2.45) is 5.10 Å². The molecule has 0 saturated carbocycles. The number of hydrazone groups is 1. The highest BCUT2D eigenvalue weighted by Crippen LogP contribution is 2.33. The maximum absolute atomic E-state index is 12.9. The Morgan fingerprint density at radius 2 is 1.75 bits per heavy atom. The maximum Gasteiger partial charge on any atom is 0.335 e. The summed E-state index contributed by atoms with van der Waals surface area (Å²) in [6, 6.07) is 13.2. The molecule has 3 N–H and O–H groups in total. The minimum Gasteiger partial charge on any atom is -0.478 e. The molecule has 4 rings (SSSR count). The van der Waals surface area contributed by atoms with E-state index in [1.54, 1.807) is 25.1 Å². The number of hydrogen-bond acceptors (Lipinski definition) is 6. The van der Waals surface area contributed by atoms with Gasteiger partial charge in [0, 0.05) is 5.56 Å². The molecule has 0 radical (unpaired) electrons. The summed E-state index contributed by atoms with van der Waals surface area (Å²) in [6.45, 7) is 5.64. The molecule has 32 heavy (non-hydrogen) atoms. The van der Waals surface area contributed by atoms with Gasteiger partial charge in [-0.2, -0.15) is 10.1 Å². The second-order valence-electron chi connectivity index (χ2n) is 7.51. The molecular formula is C24H21N3O5. The Hall–Kier alpha value is -4.17. The van der Waals surface area contributed by atoms with E-state index < -0.39 is 5.97 Å². The van der Waals surface area contributed by atoms with E-state index in [1.807, 2.05) is 26.0 Å². The van der Waals surface area contributed by atoms with Crippen molar-refractivity contribution in [1.82, 2.24) is 0 Å². The Morgan fingerprint density at radius 3 is 2.41 bits per heavy atom. The maximum atomic E-state index is 12.9. The quantitative estimate of drug-likeness (QED) is 0.392. The highest BCUT2D eigenvalue weighted by molar-refractivity contribution is 6.32. The Balaban J connectivity index is 1.63. The Kier molecular flexibility index (Phi) is 5.38. The first-order valence-corrected chi connectivity index (χ1v) is 9.85. The van der Waals surface area contributed by atoms with E-state index in [1.165, 1.54) is 29.3 Å². The zero-order chi connectivity index (χ0) is 23.0. The average molecular weight is 431 g/mol. The normalized spacial score (nSPS) is 14.8. The number of carbonyl (C=O) groups excluding carboxylic acids is 1. The fourth-order valence-corrected chi connectivity index (χ4v) is 3.43. The molecule has 8 heteroatoms. The predicted octanol–water partition coefficient (Wildman–Crippen LogP) is 4.87. The third kappa shape index (κ3) is 3.79. The molecule has 0 fully saturated rings. The SMILES string of the molecule is CC1=NN(c2ccc(C(=O)O)cc2)C(=O)/C1=C/c1ccc(-c2cc(C)c(C)cc2NO)o1. The van der Waals surface area contributed by atoms with Crippen LogP contribution in [-0.4, -0.2) is 27.9 Å². The van der Waals surface area contributed by atoms with E-state index in [9.17, 15) is 14.8 Å². The topological polar surface area (TPSA) is 115 Å². The number of aromatic carboxylic acids is 1. The second-order valence-corrected chi connectivity index (χ2v) is 7.51. The number of carbonyl (C=O) groups is 2. The Labute approximate surface area is 184 Å². The number of anilines is 2. The number of benzene rings is 2. The van der Waals surface area contributed by atoms with Gasteiger partial charge in [-0.15, -0.1) is 0 Å². The number of furan rings is 1. The lowest BCUT2D eigenvalue weighted by molar-refractivity contribution is -0.114. The highest BCUT2D eigenvalue weighted by atomic mass is 16.5. The van der Waals surface area contributed by atoms with Gasteiger partial charge in [-0.3, -0.25) is 15.5 Å². The molecule has 1 aliphatic heterocycles. The van der Waals surface area contributed by atoms with Crippen LogP contribution >= 0.6 is 0 Å². The standard InChI is InChI=1S/C24H21N3O5/c1-13-10-20(21(26-31)11-14(13)2)22-9-8-18(32-22)12-19-15(3)25-27(23(19)28)17-6-4-16(5-7-17)24(29)30/h4-12,26,31H,1-3H3,(H,29,30)/b19-12+. The molecule has 3 aromatic rings. The van der Waals surface area contributed by atoms with E-state index in [0.717, 1.165) is 11.1 Å². The average Bonchev–Trinajstić information content (AvgIpc) is 3.35. The molecule has 0 bridgehead atoms. The van der Waals surface area contributed by atoms with Crippen molar-refractivity contribution in [1.29, 1.82) is 0 Å². The zero-order valence-corrected chi connectivity index (χ0v) is 17.7. The van der Waals surface area contributed by atoms with Crippen molar-refractivity contribution < 1.29 is 24.3 Å². The van der Waals surface area contributed by atoms with Gasteiger partial charge in [0.1, 0.15) is 11.5 Å². The van der Waals surface area contributed by atoms with E-state index in [2.05, 4.69) is 10.6 Å². The first-order chi connectivity index (χ1) is 15.3. The molecule has 2 heterocycles. The smallest absolute Gasteiger partial charge is 0.335 e. The second kappa shape index (κ2) is 8.16. The number of aryl methyl sites for hydroxylation is 2. The van der Waals surface area contributed by atoms with Crippen molar-refractivity contribution in [2.45, 2.75) is 20.8 Å². The van der Waals surface area contributed by atoms with E-state index in [4.69, 9.17) is 9.52 Å². The van der Waals surface area contributed by atoms with E-state index >= 15 is 0 Å². The van der Waals surface area contributed by atoms with Crippen LogP contribution in [0.1, 0.15) is 34.2 Å². The molecule has 0 atom stereocenters. The highest BCUT2D eigenvalue weighted by Gasteiger charge is 2.29. The van der Waals surface area contributed by atoms with Crippen LogP contribution in [0.2, 0.25) is 0 Å². The zero-order valence-electron chi connectivity index (χ0n) is 17.7. The van der Waals surface area contributed by atoms with Crippen LogP contribution in [0.4, 0.5) is 11.4 Å². The van der Waals surface area contributed by atoms with Crippen LogP contribution in [0, 0.1) is 13.8 Å². The summed E-state index contributed by atoms with van der Waals surface area (Å²) in [7, 11) is 0. The van der Waals surface area contributed by atoms with Gasteiger partial charge in [-0.05, 0) is 86.5 Å². The monoisotopic (exact) mass is 431 g/mol. The van der Waals surface area contributed by atoms with Crippen molar-refractivity contribution in [2.75, 3.05) is 10.5 Å². The van der Waals surface area contributed by atoms with Gasteiger partial charge in [0.25, 0.3) is 5.91 Å². The van der Waals surface area contributed by atoms with Gasteiger partial charge in [0.05, 0.1) is 28.2 Å². The molecule has 0 spiro atoms. The Morgan fingerprint density at radius 1 is 1.06 bits per heavy atom. The molecule has 0 saturated heterocycles. The fourth-order valence-electron chi connectivity index (χ4n) is 3.43. The van der Waals surface area contributed by atoms with Crippen LogP contribution in [-0.2, 0) is 4.79 Å². The van der Waals surface area contributed by atoms with E-state index in [0.29, 0.717) is 39.7 Å². The molecule has 1 amide bonds. The van der Waals surface area contributed by atoms with Crippen molar-refractivity contribution in [3.63, 3.8) is 0 Å². The number of nitrogens with zero attached hydrogens (tertiary/aromatic N) is 2. The van der Waals surface area contributed by atoms with Crippen molar-refractivity contribution in [3.8, 4) is 11.3 Å². The lowest BCUT2D eigenvalue weighted by atomic mass is 10.0. The summed E-state index contributed by atoms with van der Waals surface area (Å²) >= 11 is 0. The minimum absolute atomic E-state index is 0.128. The van der Waals surface area contributed by atoms with Crippen LogP contribution in [0.3, 0.4) is 0 Å². The summed E-state index contributed by atoms with van der Waals surface area (Å²) < 4.78 is 5.93. The molecule has 0 unspecified atom stereocenters. The lowest BCUT2D eigenvalue weighted by Gasteiger charge is -2.11. The summed E-state index contributed by atoms with van der Waals surface area (Å²) in [5, 5.41) is 24.1. The van der Waals surface area contributed by atoms with Crippen molar-refractivity contribution >= 4 is 35.0 Å². The molecular weight excluding hydrogens is 410 g/mol. The van der Waals surface area contributed by atoms with Gasteiger partial charge in [-0.1, -0.05) is 0 Å². The van der Waals surface area contributed by atoms with E-state index in [-0.39, 0.29) is 11.5 Å². The van der Waals surface area contributed by atoms with Crippen LogP contribution in [0.15, 0.2) is 63.6 Å². The van der Waals surface area contributed by atoms with Gasteiger partial charge < -0.3 is 9.52 Å². The van der Waals surface area contributed by atoms with Gasteiger partial charge >= 0.3 is 5.97 Å². The Bertz CT molecular complexity index is 1290. The van der Waals surface area contributed by atoms with Crippen LogP contribution < -0.4 is 10.5 Å². The van der Waals surface area contributed by atoms with Gasteiger partial charge in [0.15, 0.2) is 0 Å². The number of hydrogen-bond donors (Lipinski definition) is 3. The fraction of sp³-hybridized carbons (Fsp3) is 0.125. The number of carboxylic acid groups (broad SMARTS) is 1. The molecule has 8 nitrogen and oxygen atoms in total. The summed E-state index contributed by atoms with van der Waals surface area (Å²) in [6.07, 6.45) is 1.61. The summed E-state index contributed by atoms with van der Waals surface area (Å²) in [5.74, 6) is -0.380. The third-order valence-corrected chi connectivity index (χ3v) is 5.35. The first-order valence-electron chi connectivity index (χ1n) is 9.85. The largest absolute Gasteiger partial charge is 0.478 e. The van der Waals surface area contributed by atoms with Gasteiger partial charge in [-0.25, -0.2) is 4.79 Å². The summed E-state index contributed by atoms with van der Waals surface area (Å²) in [5.41, 5.74) is 6.98. The number of amides is 1. The molecule has 1 aromatic heterocycles. The molecule has 162 valence electrons. The van der Waals surface area contributed by atoms with Gasteiger partial charge in [0.2, 0.25) is 0 Å². The number of rotatable bonds is 5. The molecule has 1 aliphatic rings. The van der Waals surface area contributed by atoms with Crippen molar-refractivity contribution in [3.05, 3.63) is 76.6 Å². The third-order valence-electron chi connectivity index (χ3n) is 5.35. The minimum atomic E-state index is -1.04. The first kappa shape index (κ1) is 21.1. The lowest BCUT2D eigenvalue weighted by Crippen LogP contribution is -2.21. The van der Waals surface area contributed by atoms with Crippen LogP contribution in [0.25, 0.3) is 17.4 Å². The molecule has 2 aromatic carbocycles. The molecule has 0 aliphatic carbocycles. The summed E-state index contributed by atoms with van der Waals surface area (Å²) in [4.78, 5) is 24.0. The van der Waals surface area contributed by atoms with Crippen LogP contribution in [0.5, 0.6) is 0 Å². The number of carboxylic acids is 1. The number of nitrogens with one attached hydrogen (secondary N) is 1.